The standard InChI is InChI=1S/C20H10F12N2O6/c21-15(22,19(29,30)17(25,26)9-1-3-13(35)11(7-9)33(37)38)5-6-16(23,24)20(31,32)18(27,28)10-2-4-14(36)12(8-10)34(39)40/h1-8,35-36H. The van der Waals surface area contributed by atoms with Crippen molar-refractivity contribution in [2.45, 2.75) is 35.5 Å². The summed E-state index contributed by atoms with van der Waals surface area (Å²) in [6, 6.07) is -1.26. The lowest BCUT2D eigenvalue weighted by atomic mass is 9.93. The number of benzene rings is 2. The van der Waals surface area contributed by atoms with Crippen LogP contribution in [0.5, 0.6) is 11.5 Å². The molecule has 0 aromatic heterocycles. The minimum atomic E-state index is -6.83. The van der Waals surface area contributed by atoms with E-state index in [-0.39, 0.29) is 24.3 Å². The second kappa shape index (κ2) is 9.73. The van der Waals surface area contributed by atoms with Gasteiger partial charge in [-0.3, -0.25) is 20.2 Å². The van der Waals surface area contributed by atoms with Gasteiger partial charge in [0.15, 0.2) is 11.5 Å². The highest BCUT2D eigenvalue weighted by molar-refractivity contribution is 5.50. The van der Waals surface area contributed by atoms with E-state index >= 15 is 0 Å². The second-order valence-corrected chi connectivity index (χ2v) is 7.80. The van der Waals surface area contributed by atoms with Crippen LogP contribution in [0.15, 0.2) is 48.6 Å². The Balaban J connectivity index is 2.52. The predicted octanol–water partition coefficient (Wildman–Crippen LogP) is 6.90. The van der Waals surface area contributed by atoms with E-state index in [0.29, 0.717) is 0 Å². The third-order valence-corrected chi connectivity index (χ3v) is 5.20. The van der Waals surface area contributed by atoms with Crippen molar-refractivity contribution in [1.29, 1.82) is 0 Å². The summed E-state index contributed by atoms with van der Waals surface area (Å²) in [4.78, 5) is 18.2. The van der Waals surface area contributed by atoms with Crippen LogP contribution in [0.2, 0.25) is 0 Å². The lowest BCUT2D eigenvalue weighted by Gasteiger charge is -2.33. The van der Waals surface area contributed by atoms with E-state index in [2.05, 4.69) is 0 Å². The Hall–Kier alpha value is -4.26. The van der Waals surface area contributed by atoms with E-state index < -0.39 is 104 Å². The molecule has 0 bridgehead atoms. The van der Waals surface area contributed by atoms with Gasteiger partial charge in [-0.05, 0) is 36.4 Å². The maximum Gasteiger partial charge on any atom is 0.380 e. The summed E-state index contributed by atoms with van der Waals surface area (Å²) in [6.07, 6.45) is -3.84. The summed E-state index contributed by atoms with van der Waals surface area (Å²) in [5, 5.41) is 39.8. The van der Waals surface area contributed by atoms with Crippen molar-refractivity contribution in [1.82, 2.24) is 0 Å². The zero-order chi connectivity index (χ0) is 31.3. The summed E-state index contributed by atoms with van der Waals surface area (Å²) in [6.45, 7) is 0. The molecule has 40 heavy (non-hydrogen) atoms. The van der Waals surface area contributed by atoms with Gasteiger partial charge in [0, 0.05) is 23.3 Å². The number of allylic oxidation sites excluding steroid dienone is 2. The van der Waals surface area contributed by atoms with Crippen molar-refractivity contribution in [2.75, 3.05) is 0 Å². The minimum absolute atomic E-state index is 0.0237. The average Bonchev–Trinajstić information content (AvgIpc) is 2.82. The summed E-state index contributed by atoms with van der Waals surface area (Å²) in [5.74, 6) is -41.8. The topological polar surface area (TPSA) is 127 Å². The van der Waals surface area contributed by atoms with Crippen molar-refractivity contribution in [3.05, 3.63) is 79.9 Å². The molecule has 20 heteroatoms. The number of nitro groups is 2. The molecule has 2 N–H and O–H groups in total. The lowest BCUT2D eigenvalue weighted by Crippen LogP contribution is -2.53. The Kier molecular flexibility index (Phi) is 7.78. The van der Waals surface area contributed by atoms with Gasteiger partial charge in [0.1, 0.15) is 0 Å². The summed E-state index contributed by atoms with van der Waals surface area (Å²) in [5.41, 5.74) is -7.86. The molecule has 2 aromatic rings. The van der Waals surface area contributed by atoms with Crippen LogP contribution in [0.4, 0.5) is 64.1 Å². The molecule has 2 aromatic carbocycles. The van der Waals surface area contributed by atoms with E-state index in [9.17, 15) is 83.1 Å². The Morgan fingerprint density at radius 1 is 0.575 bits per heavy atom. The smallest absolute Gasteiger partial charge is 0.380 e. The van der Waals surface area contributed by atoms with Gasteiger partial charge in [-0.2, -0.15) is 52.7 Å². The van der Waals surface area contributed by atoms with Crippen LogP contribution in [0.25, 0.3) is 0 Å². The largest absolute Gasteiger partial charge is 0.502 e. The molecular formula is C20H10F12N2O6. The normalized spacial score (nSPS) is 14.0. The highest BCUT2D eigenvalue weighted by Gasteiger charge is 2.74. The van der Waals surface area contributed by atoms with Gasteiger partial charge in [0.25, 0.3) is 0 Å². The molecule has 0 aliphatic carbocycles. The van der Waals surface area contributed by atoms with E-state index in [1.165, 1.54) is 0 Å². The van der Waals surface area contributed by atoms with Gasteiger partial charge >= 0.3 is 46.9 Å². The van der Waals surface area contributed by atoms with Crippen molar-refractivity contribution in [3.63, 3.8) is 0 Å². The van der Waals surface area contributed by atoms with Crippen LogP contribution in [0.3, 0.4) is 0 Å². The first-order valence-corrected chi connectivity index (χ1v) is 9.78. The number of halogens is 12. The molecule has 0 amide bonds. The van der Waals surface area contributed by atoms with Crippen LogP contribution in [-0.2, 0) is 11.8 Å². The Labute approximate surface area is 212 Å². The number of hydrogen-bond donors (Lipinski definition) is 2. The number of aromatic hydroxyl groups is 2. The van der Waals surface area contributed by atoms with Gasteiger partial charge in [0.2, 0.25) is 0 Å². The van der Waals surface area contributed by atoms with Crippen LogP contribution < -0.4 is 0 Å². The molecule has 0 saturated heterocycles. The van der Waals surface area contributed by atoms with Crippen LogP contribution in [0, 0.1) is 20.2 Å². The zero-order valence-electron chi connectivity index (χ0n) is 18.6. The third kappa shape index (κ3) is 5.04. The fraction of sp³-hybridized carbons (Fsp3) is 0.300. The molecule has 0 radical (unpaired) electrons. The van der Waals surface area contributed by atoms with Crippen molar-refractivity contribution < 1.29 is 72.7 Å². The van der Waals surface area contributed by atoms with Gasteiger partial charge in [-0.25, -0.2) is 0 Å². The molecule has 0 atom stereocenters. The number of phenols is 2. The fourth-order valence-corrected chi connectivity index (χ4v) is 2.93. The molecule has 0 aliphatic rings. The summed E-state index contributed by atoms with van der Waals surface area (Å²) in [7, 11) is 0. The Morgan fingerprint density at radius 2 is 0.850 bits per heavy atom. The Bertz CT molecular complexity index is 1260. The maximum atomic E-state index is 14.3. The van der Waals surface area contributed by atoms with E-state index in [0.717, 1.165) is 0 Å². The zero-order valence-corrected chi connectivity index (χ0v) is 18.6. The lowest BCUT2D eigenvalue weighted by molar-refractivity contribution is -0.386. The molecule has 2 rings (SSSR count). The van der Waals surface area contributed by atoms with Crippen molar-refractivity contribution >= 4 is 11.4 Å². The number of phenolic OH excluding ortho intramolecular Hbond substituents is 2. The monoisotopic (exact) mass is 602 g/mol. The summed E-state index contributed by atoms with van der Waals surface area (Å²) < 4.78 is 170. The number of alkyl halides is 12. The molecule has 0 fully saturated rings. The second-order valence-electron chi connectivity index (χ2n) is 7.80. The quantitative estimate of drug-likeness (QED) is 0.132. The molecule has 0 unspecified atom stereocenters. The van der Waals surface area contributed by atoms with Gasteiger partial charge in [-0.1, -0.05) is 0 Å². The number of hydrogen-bond acceptors (Lipinski definition) is 6. The van der Waals surface area contributed by atoms with Crippen LogP contribution in [0.1, 0.15) is 11.1 Å². The highest BCUT2D eigenvalue weighted by atomic mass is 19.4. The van der Waals surface area contributed by atoms with Gasteiger partial charge in [0.05, 0.1) is 9.85 Å². The van der Waals surface area contributed by atoms with E-state index in [1.54, 1.807) is 0 Å². The first-order valence-electron chi connectivity index (χ1n) is 9.78. The molecule has 0 spiro atoms. The van der Waals surface area contributed by atoms with Gasteiger partial charge < -0.3 is 10.2 Å². The van der Waals surface area contributed by atoms with Crippen LogP contribution >= 0.6 is 0 Å². The van der Waals surface area contributed by atoms with Crippen LogP contribution in [-0.4, -0.2) is 43.7 Å². The molecule has 0 aliphatic heterocycles. The van der Waals surface area contributed by atoms with E-state index in [4.69, 9.17) is 0 Å². The highest BCUT2D eigenvalue weighted by Crippen LogP contribution is 2.55. The number of rotatable bonds is 10. The van der Waals surface area contributed by atoms with Crippen molar-refractivity contribution in [3.8, 4) is 11.5 Å². The van der Waals surface area contributed by atoms with Crippen molar-refractivity contribution in [2.24, 2.45) is 0 Å². The average molecular weight is 602 g/mol. The SMILES string of the molecule is O=[N+]([O-])c1cc(C(F)(F)C(F)(F)C(F)(F)C=CC(F)(F)C(F)(F)C(F)(F)c2ccc(O)c([N+](=O)[O-])c2)ccc1O. The predicted molar refractivity (Wildman–Crippen MR) is 106 cm³/mol. The molecule has 0 heterocycles. The number of nitrogens with zero attached hydrogens (tertiary/aromatic N) is 2. The van der Waals surface area contributed by atoms with Gasteiger partial charge in [-0.15, -0.1) is 0 Å². The maximum absolute atomic E-state index is 14.3. The first kappa shape index (κ1) is 32.0. The Morgan fingerprint density at radius 3 is 1.10 bits per heavy atom. The number of nitro benzene ring substituents is 2. The molecule has 8 nitrogen and oxygen atoms in total. The molecular weight excluding hydrogens is 592 g/mol. The minimum Gasteiger partial charge on any atom is -0.502 e. The summed E-state index contributed by atoms with van der Waals surface area (Å²) >= 11 is 0. The molecule has 220 valence electrons. The van der Waals surface area contributed by atoms with E-state index in [1.807, 2.05) is 0 Å². The molecule has 0 saturated carbocycles. The first-order chi connectivity index (χ1) is 17.8. The fourth-order valence-electron chi connectivity index (χ4n) is 2.93. The third-order valence-electron chi connectivity index (χ3n) is 5.20.